The smallest absolute Gasteiger partial charge is 0.410 e. The summed E-state index contributed by atoms with van der Waals surface area (Å²) in [6.45, 7) is 13.1. The van der Waals surface area contributed by atoms with Crippen LogP contribution in [-0.2, 0) is 4.74 Å². The number of carbonyl (C=O) groups is 1. The van der Waals surface area contributed by atoms with Gasteiger partial charge < -0.3 is 14.7 Å². The van der Waals surface area contributed by atoms with Crippen LogP contribution in [0.25, 0.3) is 0 Å². The molecule has 1 aliphatic rings. The molecule has 1 saturated heterocycles. The first-order valence-corrected chi connectivity index (χ1v) is 7.65. The van der Waals surface area contributed by atoms with Crippen molar-refractivity contribution in [3.05, 3.63) is 0 Å². The number of ether oxygens (including phenoxy) is 1. The first kappa shape index (κ1) is 17.3. The van der Waals surface area contributed by atoms with Gasteiger partial charge in [0.05, 0.1) is 0 Å². The standard InChI is InChI=1S/C16H31NO3/c1-15(2,3)13-11-12(8-10-18)7-9-17(13)14(19)20-16(4,5)6/h12-13,18H,7-11H2,1-6H3. The molecule has 1 heterocycles. The van der Waals surface area contributed by atoms with Gasteiger partial charge in [0.1, 0.15) is 5.60 Å². The van der Waals surface area contributed by atoms with Crippen molar-refractivity contribution in [3.63, 3.8) is 0 Å². The average molecular weight is 285 g/mol. The second kappa shape index (κ2) is 6.33. The molecule has 0 bridgehead atoms. The largest absolute Gasteiger partial charge is 0.444 e. The van der Waals surface area contributed by atoms with Gasteiger partial charge in [-0.05, 0) is 51.4 Å². The maximum atomic E-state index is 12.4. The summed E-state index contributed by atoms with van der Waals surface area (Å²) in [5, 5.41) is 9.13. The van der Waals surface area contributed by atoms with Crippen LogP contribution in [0.15, 0.2) is 0 Å². The highest BCUT2D eigenvalue weighted by Gasteiger charge is 2.39. The number of hydrogen-bond donors (Lipinski definition) is 1. The van der Waals surface area contributed by atoms with Crippen LogP contribution in [0, 0.1) is 11.3 Å². The van der Waals surface area contributed by atoms with Gasteiger partial charge in [-0.2, -0.15) is 0 Å². The lowest BCUT2D eigenvalue weighted by molar-refractivity contribution is -0.0169. The van der Waals surface area contributed by atoms with Crippen molar-refractivity contribution in [2.24, 2.45) is 11.3 Å². The van der Waals surface area contributed by atoms with Crippen LogP contribution in [0.5, 0.6) is 0 Å². The molecule has 0 saturated carbocycles. The van der Waals surface area contributed by atoms with Gasteiger partial charge in [0.2, 0.25) is 0 Å². The highest BCUT2D eigenvalue weighted by molar-refractivity contribution is 5.68. The number of hydrogen-bond acceptors (Lipinski definition) is 3. The molecule has 1 rings (SSSR count). The third-order valence-corrected chi connectivity index (χ3v) is 3.88. The Balaban J connectivity index is 2.81. The van der Waals surface area contributed by atoms with Gasteiger partial charge in [0.25, 0.3) is 0 Å². The lowest BCUT2D eigenvalue weighted by Crippen LogP contribution is -2.53. The van der Waals surface area contributed by atoms with Gasteiger partial charge in [-0.3, -0.25) is 0 Å². The molecule has 4 heteroatoms. The summed E-state index contributed by atoms with van der Waals surface area (Å²) < 4.78 is 5.54. The Bertz CT molecular complexity index is 328. The predicted octanol–water partition coefficient (Wildman–Crippen LogP) is 3.43. The normalized spacial score (nSPS) is 24.6. The van der Waals surface area contributed by atoms with Crippen LogP contribution in [0.4, 0.5) is 4.79 Å². The Morgan fingerprint density at radius 2 is 1.85 bits per heavy atom. The van der Waals surface area contributed by atoms with E-state index in [1.54, 1.807) is 0 Å². The number of aliphatic hydroxyl groups excluding tert-OH is 1. The van der Waals surface area contributed by atoms with Gasteiger partial charge in [-0.15, -0.1) is 0 Å². The highest BCUT2D eigenvalue weighted by atomic mass is 16.6. The van der Waals surface area contributed by atoms with Gasteiger partial charge in [0, 0.05) is 19.2 Å². The molecule has 0 aromatic heterocycles. The predicted molar refractivity (Wildman–Crippen MR) is 80.6 cm³/mol. The molecular formula is C16H31NO3. The minimum atomic E-state index is -0.457. The van der Waals surface area contributed by atoms with E-state index in [0.717, 1.165) is 25.8 Å². The average Bonchev–Trinajstić information content (AvgIpc) is 2.25. The Kier molecular flexibility index (Phi) is 5.47. The molecule has 1 aliphatic heterocycles. The Morgan fingerprint density at radius 3 is 2.30 bits per heavy atom. The molecule has 2 unspecified atom stereocenters. The highest BCUT2D eigenvalue weighted by Crippen LogP contribution is 2.36. The quantitative estimate of drug-likeness (QED) is 0.845. The zero-order chi connectivity index (χ0) is 15.6. The second-order valence-electron chi connectivity index (χ2n) is 7.96. The molecule has 20 heavy (non-hydrogen) atoms. The van der Waals surface area contributed by atoms with Gasteiger partial charge in [-0.25, -0.2) is 4.79 Å². The summed E-state index contributed by atoms with van der Waals surface area (Å²) in [4.78, 5) is 14.3. The van der Waals surface area contributed by atoms with Gasteiger partial charge >= 0.3 is 6.09 Å². The molecule has 2 atom stereocenters. The number of rotatable bonds is 2. The van der Waals surface area contributed by atoms with Crippen LogP contribution in [-0.4, -0.2) is 40.9 Å². The van der Waals surface area contributed by atoms with Crippen LogP contribution in [0.2, 0.25) is 0 Å². The van der Waals surface area contributed by atoms with E-state index in [-0.39, 0.29) is 24.2 Å². The third kappa shape index (κ3) is 4.97. The van der Waals surface area contributed by atoms with E-state index < -0.39 is 5.60 Å². The first-order valence-electron chi connectivity index (χ1n) is 7.65. The van der Waals surface area contributed by atoms with Crippen molar-refractivity contribution < 1.29 is 14.6 Å². The van der Waals surface area contributed by atoms with Crippen molar-refractivity contribution in [1.82, 2.24) is 4.90 Å². The Hall–Kier alpha value is -0.770. The minimum Gasteiger partial charge on any atom is -0.444 e. The Labute approximate surface area is 123 Å². The Morgan fingerprint density at radius 1 is 1.25 bits per heavy atom. The van der Waals surface area contributed by atoms with E-state index >= 15 is 0 Å². The van der Waals surface area contributed by atoms with Crippen molar-refractivity contribution >= 4 is 6.09 Å². The zero-order valence-electron chi connectivity index (χ0n) is 13.9. The van der Waals surface area contributed by atoms with Gasteiger partial charge in [0.15, 0.2) is 0 Å². The summed E-state index contributed by atoms with van der Waals surface area (Å²) >= 11 is 0. The minimum absolute atomic E-state index is 0.0189. The summed E-state index contributed by atoms with van der Waals surface area (Å²) in [7, 11) is 0. The van der Waals surface area contributed by atoms with Crippen molar-refractivity contribution in [1.29, 1.82) is 0 Å². The fraction of sp³-hybridized carbons (Fsp3) is 0.938. The number of carbonyl (C=O) groups excluding carboxylic acids is 1. The summed E-state index contributed by atoms with van der Waals surface area (Å²) in [6, 6.07) is 0.169. The molecule has 0 aliphatic carbocycles. The fourth-order valence-corrected chi connectivity index (χ4v) is 2.84. The molecule has 4 nitrogen and oxygen atoms in total. The first-order chi connectivity index (χ1) is 9.04. The monoisotopic (exact) mass is 285 g/mol. The van der Waals surface area contributed by atoms with E-state index in [1.165, 1.54) is 0 Å². The number of aliphatic hydroxyl groups is 1. The maximum Gasteiger partial charge on any atom is 0.410 e. The molecule has 0 spiro atoms. The molecule has 1 fully saturated rings. The van der Waals surface area contributed by atoms with Crippen molar-refractivity contribution in [2.45, 2.75) is 72.4 Å². The lowest BCUT2D eigenvalue weighted by atomic mass is 9.76. The van der Waals surface area contributed by atoms with Crippen LogP contribution >= 0.6 is 0 Å². The molecule has 1 N–H and O–H groups in total. The summed E-state index contributed by atoms with van der Waals surface area (Å²) in [6.07, 6.45) is 2.52. The third-order valence-electron chi connectivity index (χ3n) is 3.88. The number of amides is 1. The van der Waals surface area contributed by atoms with E-state index in [4.69, 9.17) is 9.84 Å². The number of nitrogens with zero attached hydrogens (tertiary/aromatic N) is 1. The molecule has 0 aromatic carbocycles. The topological polar surface area (TPSA) is 49.8 Å². The molecule has 1 amide bonds. The fourth-order valence-electron chi connectivity index (χ4n) is 2.84. The second-order valence-corrected chi connectivity index (χ2v) is 7.96. The van der Waals surface area contributed by atoms with E-state index in [1.807, 2.05) is 25.7 Å². The maximum absolute atomic E-state index is 12.4. The summed E-state index contributed by atoms with van der Waals surface area (Å²) in [5.74, 6) is 0.503. The van der Waals surface area contributed by atoms with Crippen molar-refractivity contribution in [2.75, 3.05) is 13.2 Å². The number of piperidine rings is 1. The zero-order valence-corrected chi connectivity index (χ0v) is 13.9. The molecule has 0 radical (unpaired) electrons. The van der Waals surface area contributed by atoms with Gasteiger partial charge in [-0.1, -0.05) is 20.8 Å². The van der Waals surface area contributed by atoms with Crippen LogP contribution < -0.4 is 0 Å². The number of likely N-dealkylation sites (tertiary alicyclic amines) is 1. The van der Waals surface area contributed by atoms with E-state index in [9.17, 15) is 4.79 Å². The van der Waals surface area contributed by atoms with E-state index in [2.05, 4.69) is 20.8 Å². The van der Waals surface area contributed by atoms with Crippen LogP contribution in [0.1, 0.15) is 60.8 Å². The SMILES string of the molecule is CC(C)(C)OC(=O)N1CCC(CCO)CC1C(C)(C)C. The molecule has 118 valence electrons. The van der Waals surface area contributed by atoms with Crippen LogP contribution in [0.3, 0.4) is 0 Å². The molecule has 0 aromatic rings. The van der Waals surface area contributed by atoms with Crippen molar-refractivity contribution in [3.8, 4) is 0 Å². The van der Waals surface area contributed by atoms with E-state index in [0.29, 0.717) is 5.92 Å². The molecular weight excluding hydrogens is 254 g/mol. The summed E-state index contributed by atoms with van der Waals surface area (Å²) in [5.41, 5.74) is -0.438. The lowest BCUT2D eigenvalue weighted by Gasteiger charge is -2.46.